The van der Waals surface area contributed by atoms with E-state index in [1.165, 1.54) is 19.2 Å². The molecule has 2 aliphatic heterocycles. The van der Waals surface area contributed by atoms with Crippen LogP contribution in [0.4, 0.5) is 0 Å². The third-order valence-corrected chi connectivity index (χ3v) is 17.6. The van der Waals surface area contributed by atoms with Gasteiger partial charge in [-0.15, -0.1) is 11.6 Å². The second-order valence-electron chi connectivity index (χ2n) is 18.3. The summed E-state index contributed by atoms with van der Waals surface area (Å²) in [6.07, 6.45) is -13.9. The molecule has 72 heavy (non-hydrogen) atoms. The van der Waals surface area contributed by atoms with Crippen molar-refractivity contribution in [3.05, 3.63) is 132 Å². The normalized spacial score (nSPS) is 24.6. The minimum absolute atomic E-state index is 0.0392. The van der Waals surface area contributed by atoms with E-state index < -0.39 is 103 Å². The highest BCUT2D eigenvalue weighted by Crippen LogP contribution is 2.40. The van der Waals surface area contributed by atoms with Gasteiger partial charge in [-0.1, -0.05) is 134 Å². The molecule has 16 nitrogen and oxygen atoms in total. The molecule has 2 aliphatic rings. The average Bonchev–Trinajstić information content (AvgIpc) is 3.36. The van der Waals surface area contributed by atoms with Crippen LogP contribution in [0.5, 0.6) is 11.5 Å². The molecule has 2 heterocycles. The number of amides is 1. The number of ether oxygens (including phenoxy) is 10. The average molecular weight is 1100 g/mol. The van der Waals surface area contributed by atoms with E-state index >= 15 is 0 Å². The number of hydrogen-bond donors (Lipinski definition) is 1. The number of carbonyl (C=O) groups excluding carboxylic acids is 4. The Balaban J connectivity index is 1.56. The predicted molar refractivity (Wildman–Crippen MR) is 269 cm³/mol. The van der Waals surface area contributed by atoms with Gasteiger partial charge < -0.3 is 57.1 Å². The number of hydrogen-bond acceptors (Lipinski definition) is 15. The van der Waals surface area contributed by atoms with Gasteiger partial charge in [0.2, 0.25) is 6.29 Å². The van der Waals surface area contributed by atoms with Crippen LogP contribution in [0.15, 0.2) is 115 Å². The summed E-state index contributed by atoms with van der Waals surface area (Å²) in [7, 11) is 0.0564. The molecule has 4 aromatic rings. The fourth-order valence-corrected chi connectivity index (χ4v) is 8.73. The Hall–Kier alpha value is -4.50. The Kier molecular flexibility index (Phi) is 20.2. The number of halogens is 4. The standard InChI is InChI=1S/C51H59Cl4NO15Si/c1-50(2,3)72(6,7)65-30-36-39(63-28-31-17-11-8-12-18-31)40(38(56-49(60)51(53,54)55)47(67-36)66-35-25-23-34(61-4)24-26-35)70-48-44(69-45(58)33-21-15-10-16-22-33)41(64-29-32-19-13-9-14-20-32)42(68-37(57)27-52)43(71-48)46(59)62-5/h8-26,36,38-44,47-48H,27-30H2,1-7H3,(H,56,60)/t36-,38-,39+,40-,41+,42+,43+,44-,47-,48-/m1/s1. The van der Waals surface area contributed by atoms with Gasteiger partial charge in [-0.05, 0) is 65.7 Å². The van der Waals surface area contributed by atoms with E-state index in [1.807, 2.05) is 36.4 Å². The van der Waals surface area contributed by atoms with Gasteiger partial charge in [-0.25, -0.2) is 9.59 Å². The number of methoxy groups -OCH3 is 2. The van der Waals surface area contributed by atoms with Crippen LogP contribution in [-0.4, -0.2) is 124 Å². The largest absolute Gasteiger partial charge is 0.497 e. The molecule has 1 amide bonds. The smallest absolute Gasteiger partial charge is 0.339 e. The van der Waals surface area contributed by atoms with Gasteiger partial charge in [-0.3, -0.25) is 9.59 Å². The lowest BCUT2D eigenvalue weighted by Gasteiger charge is -2.50. The van der Waals surface area contributed by atoms with Crippen molar-refractivity contribution in [2.24, 2.45) is 0 Å². The molecular weight excluding hydrogens is 1040 g/mol. The summed E-state index contributed by atoms with van der Waals surface area (Å²) < 4.78 is 67.2. The molecule has 4 aromatic carbocycles. The van der Waals surface area contributed by atoms with Gasteiger partial charge in [-0.2, -0.15) is 0 Å². The second kappa shape index (κ2) is 25.6. The first-order valence-electron chi connectivity index (χ1n) is 22.9. The number of alkyl halides is 4. The molecule has 0 bridgehead atoms. The first-order valence-corrected chi connectivity index (χ1v) is 27.5. The first-order chi connectivity index (χ1) is 34.2. The Morgan fingerprint density at radius 2 is 1.22 bits per heavy atom. The first kappa shape index (κ1) is 56.8. The van der Waals surface area contributed by atoms with E-state index in [9.17, 15) is 19.2 Å². The van der Waals surface area contributed by atoms with Crippen LogP contribution in [0, 0.1) is 0 Å². The molecule has 6 rings (SSSR count). The fraction of sp³-hybridized carbons (Fsp3) is 0.451. The van der Waals surface area contributed by atoms with Gasteiger partial charge in [0, 0.05) is 0 Å². The molecule has 0 spiro atoms. The summed E-state index contributed by atoms with van der Waals surface area (Å²) in [5.74, 6) is -3.83. The molecule has 2 saturated heterocycles. The lowest BCUT2D eigenvalue weighted by molar-refractivity contribution is -0.342. The van der Waals surface area contributed by atoms with E-state index in [4.69, 9.17) is 98.2 Å². The van der Waals surface area contributed by atoms with Crippen LogP contribution in [0.2, 0.25) is 18.1 Å². The minimum atomic E-state index is -2.56. The Morgan fingerprint density at radius 3 is 1.75 bits per heavy atom. The molecular formula is C51H59Cl4NO15Si. The van der Waals surface area contributed by atoms with Crippen LogP contribution >= 0.6 is 46.4 Å². The number of carbonyl (C=O) groups is 4. The summed E-state index contributed by atoms with van der Waals surface area (Å²) in [6, 6.07) is 31.2. The van der Waals surface area contributed by atoms with Crippen molar-refractivity contribution in [2.45, 2.75) is 117 Å². The summed E-state index contributed by atoms with van der Waals surface area (Å²) in [5.41, 5.74) is 1.51. The Labute approximate surface area is 440 Å². The lowest BCUT2D eigenvalue weighted by Crippen LogP contribution is -2.70. The predicted octanol–water partition coefficient (Wildman–Crippen LogP) is 8.51. The zero-order valence-electron chi connectivity index (χ0n) is 40.7. The van der Waals surface area contributed by atoms with Crippen LogP contribution in [0.1, 0.15) is 42.3 Å². The Morgan fingerprint density at radius 1 is 0.667 bits per heavy atom. The quantitative estimate of drug-likeness (QED) is 0.0385. The molecule has 390 valence electrons. The van der Waals surface area contributed by atoms with Crippen molar-refractivity contribution in [3.8, 4) is 11.5 Å². The summed E-state index contributed by atoms with van der Waals surface area (Å²) >= 11 is 24.7. The van der Waals surface area contributed by atoms with E-state index in [0.29, 0.717) is 11.3 Å². The number of nitrogens with one attached hydrogen (secondary N) is 1. The monoisotopic (exact) mass is 1090 g/mol. The van der Waals surface area contributed by atoms with Crippen molar-refractivity contribution < 1.29 is 71.0 Å². The number of benzene rings is 4. The molecule has 0 aliphatic carbocycles. The minimum Gasteiger partial charge on any atom is -0.497 e. The zero-order valence-corrected chi connectivity index (χ0v) is 44.7. The molecule has 10 atom stereocenters. The van der Waals surface area contributed by atoms with Crippen LogP contribution in [0.25, 0.3) is 0 Å². The van der Waals surface area contributed by atoms with E-state index in [1.54, 1.807) is 66.7 Å². The van der Waals surface area contributed by atoms with Crippen molar-refractivity contribution in [1.82, 2.24) is 5.32 Å². The van der Waals surface area contributed by atoms with E-state index in [-0.39, 0.29) is 36.2 Å². The Bertz CT molecular complexity index is 2380. The highest BCUT2D eigenvalue weighted by molar-refractivity contribution is 6.76. The van der Waals surface area contributed by atoms with E-state index in [0.717, 1.165) is 12.7 Å². The molecule has 0 aromatic heterocycles. The third-order valence-electron chi connectivity index (χ3n) is 12.3. The van der Waals surface area contributed by atoms with Crippen molar-refractivity contribution in [3.63, 3.8) is 0 Å². The van der Waals surface area contributed by atoms with Crippen molar-refractivity contribution in [1.29, 1.82) is 0 Å². The lowest BCUT2D eigenvalue weighted by atomic mass is 9.94. The van der Waals surface area contributed by atoms with Gasteiger partial charge in [0.1, 0.15) is 47.8 Å². The SMILES string of the molecule is COC(=O)[C@H]1O[C@@H](O[C@@H]2[C@@H](NC(=O)C(Cl)(Cl)Cl)[C@H](Oc3ccc(OC)cc3)O[C@H](CO[Si](C)(C)C(C)(C)C)[C@@H]2OCc2ccccc2)[C@H](OC(=O)c2ccccc2)[C@@H](OCc2ccccc2)[C@@H]1OC(=O)CCl. The van der Waals surface area contributed by atoms with Crippen molar-refractivity contribution >= 4 is 78.5 Å². The van der Waals surface area contributed by atoms with Crippen LogP contribution in [0.3, 0.4) is 0 Å². The topological polar surface area (TPSA) is 182 Å². The van der Waals surface area contributed by atoms with Crippen LogP contribution in [-0.2, 0) is 69.9 Å². The molecule has 1 N–H and O–H groups in total. The molecule has 2 fully saturated rings. The summed E-state index contributed by atoms with van der Waals surface area (Å²) in [4.78, 5) is 55.3. The molecule has 0 radical (unpaired) electrons. The maximum atomic E-state index is 14.3. The maximum Gasteiger partial charge on any atom is 0.339 e. The molecule has 0 unspecified atom stereocenters. The summed E-state index contributed by atoms with van der Waals surface area (Å²) in [5, 5.41) is 2.49. The number of rotatable bonds is 20. The maximum absolute atomic E-state index is 14.3. The highest BCUT2D eigenvalue weighted by atomic mass is 35.6. The van der Waals surface area contributed by atoms with E-state index in [2.05, 4.69) is 39.2 Å². The number of esters is 3. The fourth-order valence-electron chi connectivity index (χ4n) is 7.49. The van der Waals surface area contributed by atoms with Gasteiger partial charge in [0.05, 0.1) is 39.6 Å². The van der Waals surface area contributed by atoms with Gasteiger partial charge in [0.25, 0.3) is 9.70 Å². The zero-order chi connectivity index (χ0) is 52.2. The van der Waals surface area contributed by atoms with Gasteiger partial charge >= 0.3 is 17.9 Å². The highest BCUT2D eigenvalue weighted by Gasteiger charge is 2.58. The summed E-state index contributed by atoms with van der Waals surface area (Å²) in [6.45, 7) is 10.1. The van der Waals surface area contributed by atoms with Crippen molar-refractivity contribution in [2.75, 3.05) is 26.7 Å². The van der Waals surface area contributed by atoms with Gasteiger partial charge in [0.15, 0.2) is 32.9 Å². The second-order valence-corrected chi connectivity index (χ2v) is 25.7. The molecule has 21 heteroatoms. The molecule has 0 saturated carbocycles. The van der Waals surface area contributed by atoms with Crippen LogP contribution < -0.4 is 14.8 Å². The third kappa shape index (κ3) is 15.1.